The minimum atomic E-state index is -0.204. The molecule has 2 heterocycles. The second-order valence-electron chi connectivity index (χ2n) is 5.45. The standard InChI is InChI=1S/C18H14N4O2/c23-17-12-21(16-5-2-1-4-15(16)20-17)18(24)13-6-8-14(9-7-13)22-11-3-10-19-22/h1-11H,12H2,(H,20,23). The Bertz CT molecular complexity index is 901. The Kier molecular flexibility index (Phi) is 3.35. The first kappa shape index (κ1) is 14.2. The van der Waals surface area contributed by atoms with Crippen LogP contribution in [0.15, 0.2) is 67.0 Å². The summed E-state index contributed by atoms with van der Waals surface area (Å²) in [5.74, 6) is -0.403. The van der Waals surface area contributed by atoms with Gasteiger partial charge in [0.15, 0.2) is 0 Å². The van der Waals surface area contributed by atoms with Crippen LogP contribution in [0.1, 0.15) is 10.4 Å². The minimum absolute atomic E-state index is 0.0107. The van der Waals surface area contributed by atoms with Crippen LogP contribution in [0.5, 0.6) is 0 Å². The number of nitrogens with one attached hydrogen (secondary N) is 1. The van der Waals surface area contributed by atoms with Crippen molar-refractivity contribution in [3.05, 3.63) is 72.6 Å². The van der Waals surface area contributed by atoms with Gasteiger partial charge >= 0.3 is 0 Å². The van der Waals surface area contributed by atoms with Crippen LogP contribution in [0.3, 0.4) is 0 Å². The molecule has 1 aliphatic rings. The van der Waals surface area contributed by atoms with Crippen molar-refractivity contribution >= 4 is 23.2 Å². The summed E-state index contributed by atoms with van der Waals surface area (Å²) >= 11 is 0. The summed E-state index contributed by atoms with van der Waals surface area (Å²) in [6.07, 6.45) is 3.53. The van der Waals surface area contributed by atoms with Crippen LogP contribution in [0.25, 0.3) is 5.69 Å². The maximum Gasteiger partial charge on any atom is 0.258 e. The van der Waals surface area contributed by atoms with Gasteiger partial charge in [-0.2, -0.15) is 5.10 Å². The number of nitrogens with zero attached hydrogens (tertiary/aromatic N) is 3. The highest BCUT2D eigenvalue weighted by Crippen LogP contribution is 2.30. The van der Waals surface area contributed by atoms with Gasteiger partial charge in [-0.25, -0.2) is 4.68 Å². The van der Waals surface area contributed by atoms with E-state index >= 15 is 0 Å². The Hall–Kier alpha value is -3.41. The van der Waals surface area contributed by atoms with E-state index in [-0.39, 0.29) is 18.4 Å². The molecule has 24 heavy (non-hydrogen) atoms. The molecule has 0 aliphatic carbocycles. The van der Waals surface area contributed by atoms with Crippen molar-refractivity contribution in [1.82, 2.24) is 9.78 Å². The first-order chi connectivity index (χ1) is 11.7. The van der Waals surface area contributed by atoms with Gasteiger partial charge in [-0.1, -0.05) is 12.1 Å². The fourth-order valence-electron chi connectivity index (χ4n) is 2.75. The average molecular weight is 318 g/mol. The minimum Gasteiger partial charge on any atom is -0.323 e. The summed E-state index contributed by atoms with van der Waals surface area (Å²) in [6.45, 7) is 0.0107. The molecular weight excluding hydrogens is 304 g/mol. The summed E-state index contributed by atoms with van der Waals surface area (Å²) in [7, 11) is 0. The number of aromatic nitrogens is 2. The third-order valence-electron chi connectivity index (χ3n) is 3.90. The van der Waals surface area contributed by atoms with Crippen LogP contribution in [-0.4, -0.2) is 28.1 Å². The van der Waals surface area contributed by atoms with Crippen molar-refractivity contribution in [2.45, 2.75) is 0 Å². The van der Waals surface area contributed by atoms with Crippen LogP contribution in [0, 0.1) is 0 Å². The van der Waals surface area contributed by atoms with E-state index in [9.17, 15) is 9.59 Å². The zero-order valence-corrected chi connectivity index (χ0v) is 12.7. The summed E-state index contributed by atoms with van der Waals surface area (Å²) < 4.78 is 1.72. The van der Waals surface area contributed by atoms with Gasteiger partial charge in [-0.05, 0) is 42.5 Å². The monoisotopic (exact) mass is 318 g/mol. The number of para-hydroxylation sites is 2. The van der Waals surface area contributed by atoms with Gasteiger partial charge in [0, 0.05) is 18.0 Å². The van der Waals surface area contributed by atoms with E-state index in [2.05, 4.69) is 10.4 Å². The highest BCUT2D eigenvalue weighted by atomic mass is 16.2. The molecule has 2 aromatic carbocycles. The molecule has 1 aromatic heterocycles. The molecule has 2 amide bonds. The molecule has 118 valence electrons. The lowest BCUT2D eigenvalue weighted by molar-refractivity contribution is -0.115. The van der Waals surface area contributed by atoms with Gasteiger partial charge < -0.3 is 5.32 Å². The van der Waals surface area contributed by atoms with E-state index in [4.69, 9.17) is 0 Å². The zero-order chi connectivity index (χ0) is 16.5. The molecule has 6 heteroatoms. The van der Waals surface area contributed by atoms with Crippen molar-refractivity contribution in [3.63, 3.8) is 0 Å². The Labute approximate surface area is 138 Å². The van der Waals surface area contributed by atoms with Crippen LogP contribution < -0.4 is 10.2 Å². The fraction of sp³-hybridized carbons (Fsp3) is 0.0556. The second-order valence-corrected chi connectivity index (χ2v) is 5.45. The van der Waals surface area contributed by atoms with Gasteiger partial charge in [0.1, 0.15) is 6.54 Å². The zero-order valence-electron chi connectivity index (χ0n) is 12.7. The van der Waals surface area contributed by atoms with Crippen LogP contribution in [-0.2, 0) is 4.79 Å². The number of fused-ring (bicyclic) bond motifs is 1. The summed E-state index contributed by atoms with van der Waals surface area (Å²) in [6, 6.07) is 16.3. The van der Waals surface area contributed by atoms with Crippen LogP contribution in [0.4, 0.5) is 11.4 Å². The molecule has 0 fully saturated rings. The van der Waals surface area contributed by atoms with E-state index in [0.29, 0.717) is 16.9 Å². The highest BCUT2D eigenvalue weighted by Gasteiger charge is 2.27. The second kappa shape index (κ2) is 5.66. The molecule has 0 bridgehead atoms. The molecule has 0 saturated heterocycles. The quantitative estimate of drug-likeness (QED) is 0.789. The summed E-state index contributed by atoms with van der Waals surface area (Å²) in [4.78, 5) is 26.2. The fourth-order valence-corrected chi connectivity index (χ4v) is 2.75. The van der Waals surface area contributed by atoms with Gasteiger partial charge in [0.25, 0.3) is 5.91 Å². The van der Waals surface area contributed by atoms with E-state index in [1.807, 2.05) is 42.6 Å². The Morgan fingerprint density at radius 2 is 1.83 bits per heavy atom. The number of amides is 2. The number of hydrogen-bond acceptors (Lipinski definition) is 3. The predicted octanol–water partition coefficient (Wildman–Crippen LogP) is 2.47. The largest absolute Gasteiger partial charge is 0.323 e. The third-order valence-corrected chi connectivity index (χ3v) is 3.90. The lowest BCUT2D eigenvalue weighted by Crippen LogP contribution is -2.42. The van der Waals surface area contributed by atoms with E-state index in [1.54, 1.807) is 29.1 Å². The smallest absolute Gasteiger partial charge is 0.258 e. The molecule has 0 unspecified atom stereocenters. The van der Waals surface area contributed by atoms with Gasteiger partial charge in [-0.15, -0.1) is 0 Å². The number of carbonyl (C=O) groups is 2. The number of carbonyl (C=O) groups excluding carboxylic acids is 2. The number of hydrogen-bond donors (Lipinski definition) is 1. The van der Waals surface area contributed by atoms with Crippen molar-refractivity contribution in [1.29, 1.82) is 0 Å². The number of benzene rings is 2. The van der Waals surface area contributed by atoms with E-state index in [1.165, 1.54) is 4.90 Å². The predicted molar refractivity (Wildman–Crippen MR) is 90.3 cm³/mol. The Morgan fingerprint density at radius 3 is 2.58 bits per heavy atom. The normalized spacial score (nSPS) is 13.3. The topological polar surface area (TPSA) is 67.2 Å². The molecule has 6 nitrogen and oxygen atoms in total. The van der Waals surface area contributed by atoms with Crippen LogP contribution >= 0.6 is 0 Å². The molecule has 0 radical (unpaired) electrons. The molecule has 1 aliphatic heterocycles. The van der Waals surface area contributed by atoms with E-state index in [0.717, 1.165) is 5.69 Å². The maximum absolute atomic E-state index is 12.8. The van der Waals surface area contributed by atoms with Crippen molar-refractivity contribution < 1.29 is 9.59 Å². The van der Waals surface area contributed by atoms with Crippen molar-refractivity contribution in [2.24, 2.45) is 0 Å². The molecule has 0 saturated carbocycles. The summed E-state index contributed by atoms with van der Waals surface area (Å²) in [5, 5.41) is 6.94. The first-order valence-electron chi connectivity index (χ1n) is 7.53. The SMILES string of the molecule is O=C1CN(C(=O)c2ccc(-n3cccn3)cc2)c2ccccc2N1. The summed E-state index contributed by atoms with van der Waals surface area (Å²) in [5.41, 5.74) is 2.75. The van der Waals surface area contributed by atoms with Gasteiger partial charge in [-0.3, -0.25) is 14.5 Å². The number of rotatable bonds is 2. The molecule has 1 N–H and O–H groups in total. The van der Waals surface area contributed by atoms with Crippen LogP contribution in [0.2, 0.25) is 0 Å². The van der Waals surface area contributed by atoms with Gasteiger partial charge in [0.2, 0.25) is 5.91 Å². The molecule has 3 aromatic rings. The highest BCUT2D eigenvalue weighted by molar-refractivity contribution is 6.15. The Morgan fingerprint density at radius 1 is 1.04 bits per heavy atom. The molecule has 4 rings (SSSR count). The average Bonchev–Trinajstić information content (AvgIpc) is 3.15. The maximum atomic E-state index is 12.8. The Balaban J connectivity index is 1.65. The third kappa shape index (κ3) is 2.44. The first-order valence-corrected chi connectivity index (χ1v) is 7.53. The van der Waals surface area contributed by atoms with Gasteiger partial charge in [0.05, 0.1) is 17.1 Å². The van der Waals surface area contributed by atoms with Crippen molar-refractivity contribution in [3.8, 4) is 5.69 Å². The van der Waals surface area contributed by atoms with E-state index < -0.39 is 0 Å². The number of anilines is 2. The molecular formula is C18H14N4O2. The molecule has 0 atom stereocenters. The van der Waals surface area contributed by atoms with Crippen molar-refractivity contribution in [2.75, 3.05) is 16.8 Å². The molecule has 0 spiro atoms. The lowest BCUT2D eigenvalue weighted by Gasteiger charge is -2.29. The lowest BCUT2D eigenvalue weighted by atomic mass is 10.1.